The zero-order chi connectivity index (χ0) is 12.1. The number of thiazole rings is 1. The van der Waals surface area contributed by atoms with Gasteiger partial charge in [-0.05, 0) is 52.5 Å². The van der Waals surface area contributed by atoms with Crippen LogP contribution in [0.4, 0.5) is 0 Å². The maximum Gasteiger partial charge on any atom is 0.0898 e. The van der Waals surface area contributed by atoms with Crippen LogP contribution in [0, 0.1) is 6.92 Å². The molecule has 0 aliphatic heterocycles. The van der Waals surface area contributed by atoms with Gasteiger partial charge in [0.15, 0.2) is 0 Å². The summed E-state index contributed by atoms with van der Waals surface area (Å²) in [6.07, 6.45) is 9.00. The molecule has 3 heteroatoms. The quantitative estimate of drug-likeness (QED) is 0.799. The zero-order valence-corrected chi connectivity index (χ0v) is 11.6. The molecular weight excluding hydrogens is 228 g/mol. The van der Waals surface area contributed by atoms with Crippen LogP contribution in [0.15, 0.2) is 17.0 Å². The van der Waals surface area contributed by atoms with Crippen molar-refractivity contribution in [2.75, 3.05) is 6.54 Å². The highest BCUT2D eigenvalue weighted by molar-refractivity contribution is 7.09. The second kappa shape index (κ2) is 6.31. The molecule has 1 aromatic rings. The average molecular weight is 250 g/mol. The Kier molecular flexibility index (Phi) is 4.75. The summed E-state index contributed by atoms with van der Waals surface area (Å²) in [6, 6.07) is 0.379. The highest BCUT2D eigenvalue weighted by Gasteiger charge is 2.09. The van der Waals surface area contributed by atoms with E-state index < -0.39 is 0 Å². The van der Waals surface area contributed by atoms with Crippen molar-refractivity contribution >= 4 is 11.3 Å². The van der Waals surface area contributed by atoms with E-state index in [9.17, 15) is 0 Å². The predicted octanol–water partition coefficient (Wildman–Crippen LogP) is 3.99. The van der Waals surface area contributed by atoms with E-state index in [0.717, 1.165) is 11.6 Å². The fourth-order valence-corrected chi connectivity index (χ4v) is 2.97. The van der Waals surface area contributed by atoms with Crippen LogP contribution in [0.3, 0.4) is 0 Å². The summed E-state index contributed by atoms with van der Waals surface area (Å²) in [5.74, 6) is 0. The third-order valence-electron chi connectivity index (χ3n) is 3.36. The first-order chi connectivity index (χ1) is 8.25. The van der Waals surface area contributed by atoms with E-state index in [1.54, 1.807) is 16.9 Å². The molecular formula is C14H22N2S. The van der Waals surface area contributed by atoms with Gasteiger partial charge in [0, 0.05) is 11.4 Å². The van der Waals surface area contributed by atoms with Crippen LogP contribution >= 0.6 is 11.3 Å². The lowest BCUT2D eigenvalue weighted by atomic mass is 9.97. The molecule has 1 aliphatic carbocycles. The van der Waals surface area contributed by atoms with Crippen molar-refractivity contribution < 1.29 is 0 Å². The Labute approximate surface area is 108 Å². The van der Waals surface area contributed by atoms with Crippen LogP contribution in [-0.4, -0.2) is 11.5 Å². The number of aromatic nitrogens is 1. The van der Waals surface area contributed by atoms with Crippen LogP contribution in [-0.2, 0) is 0 Å². The van der Waals surface area contributed by atoms with Gasteiger partial charge in [-0.1, -0.05) is 11.6 Å². The Morgan fingerprint density at radius 1 is 1.47 bits per heavy atom. The smallest absolute Gasteiger partial charge is 0.0898 e. The summed E-state index contributed by atoms with van der Waals surface area (Å²) in [5, 5.41) is 6.88. The van der Waals surface area contributed by atoms with Crippen molar-refractivity contribution in [3.05, 3.63) is 27.7 Å². The lowest BCUT2D eigenvalue weighted by molar-refractivity contribution is 0.553. The largest absolute Gasteiger partial charge is 0.309 e. The van der Waals surface area contributed by atoms with Crippen LogP contribution in [0.25, 0.3) is 0 Å². The molecule has 0 saturated carbocycles. The Balaban J connectivity index is 1.73. The van der Waals surface area contributed by atoms with Gasteiger partial charge in [-0.25, -0.2) is 4.98 Å². The highest BCUT2D eigenvalue weighted by Crippen LogP contribution is 2.20. The maximum absolute atomic E-state index is 4.52. The van der Waals surface area contributed by atoms with Crippen LogP contribution in [0.1, 0.15) is 55.8 Å². The van der Waals surface area contributed by atoms with Gasteiger partial charge in [-0.15, -0.1) is 11.3 Å². The fraction of sp³-hybridized carbons (Fsp3) is 0.643. The number of aryl methyl sites for hydroxylation is 1. The van der Waals surface area contributed by atoms with Crippen molar-refractivity contribution in [2.24, 2.45) is 0 Å². The van der Waals surface area contributed by atoms with E-state index >= 15 is 0 Å². The Morgan fingerprint density at radius 2 is 2.35 bits per heavy atom. The molecule has 1 aromatic heterocycles. The van der Waals surface area contributed by atoms with Crippen LogP contribution < -0.4 is 5.32 Å². The maximum atomic E-state index is 4.52. The minimum Gasteiger partial charge on any atom is -0.309 e. The number of nitrogens with one attached hydrogen (secondary N) is 1. The lowest BCUT2D eigenvalue weighted by Gasteiger charge is -2.15. The van der Waals surface area contributed by atoms with E-state index in [1.807, 2.05) is 0 Å². The summed E-state index contributed by atoms with van der Waals surface area (Å²) in [4.78, 5) is 4.52. The van der Waals surface area contributed by atoms with E-state index in [0.29, 0.717) is 6.04 Å². The molecule has 1 unspecified atom stereocenters. The normalized spacial score (nSPS) is 17.9. The van der Waals surface area contributed by atoms with Gasteiger partial charge < -0.3 is 5.32 Å². The second-order valence-electron chi connectivity index (χ2n) is 4.83. The highest BCUT2D eigenvalue weighted by atomic mass is 32.1. The molecule has 0 spiro atoms. The first-order valence-electron chi connectivity index (χ1n) is 6.59. The van der Waals surface area contributed by atoms with Gasteiger partial charge in [0.2, 0.25) is 0 Å². The molecule has 1 N–H and O–H groups in total. The molecule has 94 valence electrons. The number of nitrogens with zero attached hydrogens (tertiary/aromatic N) is 1. The number of allylic oxidation sites excluding steroid dienone is 1. The monoisotopic (exact) mass is 250 g/mol. The van der Waals surface area contributed by atoms with Gasteiger partial charge >= 0.3 is 0 Å². The van der Waals surface area contributed by atoms with E-state index in [-0.39, 0.29) is 0 Å². The molecule has 1 aliphatic rings. The topological polar surface area (TPSA) is 24.9 Å². The Hall–Kier alpha value is -0.670. The molecule has 0 saturated heterocycles. The third-order valence-corrected chi connectivity index (χ3v) is 4.15. The Bertz CT molecular complexity index is 381. The van der Waals surface area contributed by atoms with Gasteiger partial charge in [0.1, 0.15) is 0 Å². The van der Waals surface area contributed by atoms with Gasteiger partial charge in [0.25, 0.3) is 0 Å². The van der Waals surface area contributed by atoms with Crippen molar-refractivity contribution in [2.45, 2.75) is 52.0 Å². The summed E-state index contributed by atoms with van der Waals surface area (Å²) >= 11 is 1.73. The van der Waals surface area contributed by atoms with Crippen molar-refractivity contribution in [1.82, 2.24) is 10.3 Å². The minimum atomic E-state index is 0.379. The lowest BCUT2D eigenvalue weighted by Crippen LogP contribution is -2.20. The zero-order valence-electron chi connectivity index (χ0n) is 10.8. The van der Waals surface area contributed by atoms with Crippen LogP contribution in [0.5, 0.6) is 0 Å². The van der Waals surface area contributed by atoms with Gasteiger partial charge in [0.05, 0.1) is 10.7 Å². The minimum absolute atomic E-state index is 0.379. The first-order valence-corrected chi connectivity index (χ1v) is 7.47. The molecule has 2 nitrogen and oxygen atoms in total. The fourth-order valence-electron chi connectivity index (χ4n) is 2.26. The van der Waals surface area contributed by atoms with E-state index in [4.69, 9.17) is 0 Å². The molecule has 0 bridgehead atoms. The summed E-state index contributed by atoms with van der Waals surface area (Å²) in [6.45, 7) is 5.33. The molecule has 1 heterocycles. The molecule has 0 fully saturated rings. The average Bonchev–Trinajstić information content (AvgIpc) is 2.77. The SMILES string of the molecule is Cc1nc(C(C)NCCC2=CCCCC2)cs1. The van der Waals surface area contributed by atoms with Crippen molar-refractivity contribution in [1.29, 1.82) is 0 Å². The molecule has 0 aromatic carbocycles. The number of rotatable bonds is 5. The molecule has 17 heavy (non-hydrogen) atoms. The third kappa shape index (κ3) is 3.93. The summed E-state index contributed by atoms with van der Waals surface area (Å²) < 4.78 is 0. The van der Waals surface area contributed by atoms with Gasteiger partial charge in [-0.2, -0.15) is 0 Å². The second-order valence-corrected chi connectivity index (χ2v) is 5.89. The molecule has 0 amide bonds. The molecule has 2 rings (SSSR count). The van der Waals surface area contributed by atoms with Crippen molar-refractivity contribution in [3.8, 4) is 0 Å². The van der Waals surface area contributed by atoms with Crippen LogP contribution in [0.2, 0.25) is 0 Å². The number of hydrogen-bond acceptors (Lipinski definition) is 3. The number of hydrogen-bond donors (Lipinski definition) is 1. The predicted molar refractivity (Wildman–Crippen MR) is 74.4 cm³/mol. The van der Waals surface area contributed by atoms with Crippen molar-refractivity contribution in [3.63, 3.8) is 0 Å². The standard InChI is InChI=1S/C14H22N2S/c1-11(14-10-17-12(2)16-14)15-9-8-13-6-4-3-5-7-13/h6,10-11,15H,3-5,7-9H2,1-2H3. The van der Waals surface area contributed by atoms with Gasteiger partial charge in [-0.3, -0.25) is 0 Å². The van der Waals surface area contributed by atoms with E-state index in [2.05, 4.69) is 35.6 Å². The summed E-state index contributed by atoms with van der Waals surface area (Å²) in [7, 11) is 0. The first kappa shape index (κ1) is 12.8. The molecule has 0 radical (unpaired) electrons. The summed E-state index contributed by atoms with van der Waals surface area (Å²) in [5.41, 5.74) is 2.83. The molecule has 1 atom stereocenters. The Morgan fingerprint density at radius 3 is 3.00 bits per heavy atom. The van der Waals surface area contributed by atoms with E-state index in [1.165, 1.54) is 37.8 Å².